The molecular formula is C19H22N2O2S. The summed E-state index contributed by atoms with van der Waals surface area (Å²) in [6, 6.07) is 16.1. The molecule has 1 saturated heterocycles. The number of nitrogens with two attached hydrogens (primary N) is 1. The Bertz CT molecular complexity index is 706. The van der Waals surface area contributed by atoms with Crippen molar-refractivity contribution in [3.63, 3.8) is 0 Å². The van der Waals surface area contributed by atoms with Gasteiger partial charge >= 0.3 is 0 Å². The van der Waals surface area contributed by atoms with Crippen LogP contribution in [0.5, 0.6) is 11.5 Å². The van der Waals surface area contributed by atoms with Crippen molar-refractivity contribution in [1.82, 2.24) is 4.90 Å². The molecule has 2 N–H and O–H groups in total. The van der Waals surface area contributed by atoms with Crippen LogP contribution in [0.15, 0.2) is 48.5 Å². The topological polar surface area (TPSA) is 47.7 Å². The minimum Gasteiger partial charge on any atom is -0.497 e. The molecule has 2 aromatic rings. The first-order valence-electron chi connectivity index (χ1n) is 8.06. The zero-order valence-corrected chi connectivity index (χ0v) is 14.6. The second-order valence-electron chi connectivity index (χ2n) is 5.98. The molecule has 0 saturated carbocycles. The number of rotatable bonds is 6. The molecule has 126 valence electrons. The van der Waals surface area contributed by atoms with Gasteiger partial charge in [-0.15, -0.1) is 0 Å². The summed E-state index contributed by atoms with van der Waals surface area (Å²) in [6.07, 6.45) is 1.12. The van der Waals surface area contributed by atoms with Crippen LogP contribution in [-0.4, -0.2) is 36.2 Å². The predicted molar refractivity (Wildman–Crippen MR) is 99.6 cm³/mol. The highest BCUT2D eigenvalue weighted by Crippen LogP contribution is 2.28. The molecule has 1 heterocycles. The Morgan fingerprint density at radius 3 is 2.75 bits per heavy atom. The van der Waals surface area contributed by atoms with Gasteiger partial charge in [-0.25, -0.2) is 0 Å². The number of hydrogen-bond acceptors (Lipinski definition) is 4. The summed E-state index contributed by atoms with van der Waals surface area (Å²) in [5.74, 6) is 1.44. The lowest BCUT2D eigenvalue weighted by atomic mass is 10.2. The molecule has 0 spiro atoms. The normalized spacial score (nSPS) is 17.6. The fourth-order valence-corrected chi connectivity index (χ4v) is 3.16. The van der Waals surface area contributed by atoms with Gasteiger partial charge in [0.25, 0.3) is 0 Å². The molecule has 24 heavy (non-hydrogen) atoms. The summed E-state index contributed by atoms with van der Waals surface area (Å²) >= 11 is 5.13. The van der Waals surface area contributed by atoms with Crippen LogP contribution in [0.4, 0.5) is 0 Å². The van der Waals surface area contributed by atoms with Crippen molar-refractivity contribution in [3.8, 4) is 11.5 Å². The lowest BCUT2D eigenvalue weighted by molar-refractivity contribution is 0.197. The summed E-state index contributed by atoms with van der Waals surface area (Å²) in [4.78, 5) is 2.74. The molecule has 1 aliphatic heterocycles. The third-order valence-electron chi connectivity index (χ3n) is 4.23. The zero-order valence-electron chi connectivity index (χ0n) is 13.8. The van der Waals surface area contributed by atoms with Gasteiger partial charge in [0, 0.05) is 25.7 Å². The van der Waals surface area contributed by atoms with Crippen LogP contribution >= 0.6 is 12.2 Å². The summed E-state index contributed by atoms with van der Waals surface area (Å²) in [5, 5.41) is 0. The van der Waals surface area contributed by atoms with Gasteiger partial charge in [-0.3, -0.25) is 4.90 Å². The van der Waals surface area contributed by atoms with Crippen molar-refractivity contribution in [2.24, 2.45) is 5.73 Å². The van der Waals surface area contributed by atoms with E-state index in [1.54, 1.807) is 7.11 Å². The molecular weight excluding hydrogens is 320 g/mol. The van der Waals surface area contributed by atoms with Crippen LogP contribution in [0.3, 0.4) is 0 Å². The summed E-state index contributed by atoms with van der Waals surface area (Å²) in [6.45, 7) is 2.86. The van der Waals surface area contributed by atoms with Gasteiger partial charge in [0.15, 0.2) is 0 Å². The fraction of sp³-hybridized carbons (Fsp3) is 0.316. The first kappa shape index (κ1) is 16.7. The number of benzene rings is 2. The van der Waals surface area contributed by atoms with E-state index in [1.807, 2.05) is 24.3 Å². The standard InChI is InChI=1S/C19H22N2O2S/c1-22-15-7-8-17(19(20)24)18(11-15)23-16-9-10-21(13-16)12-14-5-3-2-4-6-14/h2-8,11,16H,9-10,12-13H2,1H3,(H2,20,24). The molecule has 1 unspecified atom stereocenters. The quantitative estimate of drug-likeness (QED) is 0.818. The SMILES string of the molecule is COc1ccc(C(N)=S)c(OC2CCN(Cc3ccccc3)C2)c1. The van der Waals surface area contributed by atoms with E-state index in [9.17, 15) is 0 Å². The molecule has 1 atom stereocenters. The Hall–Kier alpha value is -2.11. The highest BCUT2D eigenvalue weighted by molar-refractivity contribution is 7.80. The van der Waals surface area contributed by atoms with Gasteiger partial charge in [0.1, 0.15) is 22.6 Å². The van der Waals surface area contributed by atoms with Gasteiger partial charge in [-0.1, -0.05) is 42.5 Å². The second-order valence-corrected chi connectivity index (χ2v) is 6.42. The molecule has 0 aliphatic carbocycles. The van der Waals surface area contributed by atoms with Gasteiger partial charge < -0.3 is 15.2 Å². The Morgan fingerprint density at radius 1 is 1.25 bits per heavy atom. The van der Waals surface area contributed by atoms with Crippen LogP contribution in [0.1, 0.15) is 17.5 Å². The van der Waals surface area contributed by atoms with E-state index in [0.29, 0.717) is 10.7 Å². The number of methoxy groups -OCH3 is 1. The molecule has 0 bridgehead atoms. The smallest absolute Gasteiger partial charge is 0.133 e. The Morgan fingerprint density at radius 2 is 2.04 bits per heavy atom. The molecule has 1 fully saturated rings. The van der Waals surface area contributed by atoms with E-state index < -0.39 is 0 Å². The maximum atomic E-state index is 6.19. The van der Waals surface area contributed by atoms with E-state index in [2.05, 4.69) is 29.2 Å². The Labute approximate surface area is 148 Å². The van der Waals surface area contributed by atoms with E-state index in [0.717, 1.165) is 37.4 Å². The Kier molecular flexibility index (Phi) is 5.33. The van der Waals surface area contributed by atoms with E-state index in [1.165, 1.54) is 5.56 Å². The number of likely N-dealkylation sites (tertiary alicyclic amines) is 1. The molecule has 3 rings (SSSR count). The molecule has 0 amide bonds. The summed E-state index contributed by atoms with van der Waals surface area (Å²) < 4.78 is 11.5. The molecule has 5 heteroatoms. The zero-order chi connectivity index (χ0) is 16.9. The van der Waals surface area contributed by atoms with Crippen LogP contribution in [-0.2, 0) is 6.54 Å². The first-order chi connectivity index (χ1) is 11.7. The van der Waals surface area contributed by atoms with Crippen molar-refractivity contribution in [3.05, 3.63) is 59.7 Å². The lowest BCUT2D eigenvalue weighted by Crippen LogP contribution is -2.25. The van der Waals surface area contributed by atoms with E-state index in [-0.39, 0.29) is 6.10 Å². The van der Waals surface area contributed by atoms with Gasteiger partial charge in [-0.2, -0.15) is 0 Å². The van der Waals surface area contributed by atoms with Gasteiger partial charge in [-0.05, 0) is 24.1 Å². The number of hydrogen-bond donors (Lipinski definition) is 1. The van der Waals surface area contributed by atoms with Gasteiger partial charge in [0.2, 0.25) is 0 Å². The monoisotopic (exact) mass is 342 g/mol. The lowest BCUT2D eigenvalue weighted by Gasteiger charge is -2.19. The maximum Gasteiger partial charge on any atom is 0.133 e. The number of ether oxygens (including phenoxy) is 2. The van der Waals surface area contributed by atoms with Crippen molar-refractivity contribution in [2.45, 2.75) is 19.1 Å². The average molecular weight is 342 g/mol. The van der Waals surface area contributed by atoms with Crippen molar-refractivity contribution >= 4 is 17.2 Å². The molecule has 2 aromatic carbocycles. The predicted octanol–water partition coefficient (Wildman–Crippen LogP) is 2.98. The van der Waals surface area contributed by atoms with Crippen molar-refractivity contribution in [1.29, 1.82) is 0 Å². The minimum absolute atomic E-state index is 0.133. The number of nitrogens with zero attached hydrogens (tertiary/aromatic N) is 1. The third-order valence-corrected chi connectivity index (χ3v) is 4.45. The van der Waals surface area contributed by atoms with Gasteiger partial charge in [0.05, 0.1) is 12.7 Å². The molecule has 4 nitrogen and oxygen atoms in total. The number of thiocarbonyl (C=S) groups is 1. The molecule has 0 aromatic heterocycles. The average Bonchev–Trinajstić information content (AvgIpc) is 3.02. The highest BCUT2D eigenvalue weighted by atomic mass is 32.1. The Balaban J connectivity index is 1.66. The van der Waals surface area contributed by atoms with Crippen LogP contribution in [0.25, 0.3) is 0 Å². The second kappa shape index (κ2) is 7.64. The highest BCUT2D eigenvalue weighted by Gasteiger charge is 2.25. The summed E-state index contributed by atoms with van der Waals surface area (Å²) in [5.41, 5.74) is 7.89. The van der Waals surface area contributed by atoms with Crippen LogP contribution in [0.2, 0.25) is 0 Å². The third kappa shape index (κ3) is 4.04. The van der Waals surface area contributed by atoms with Crippen LogP contribution < -0.4 is 15.2 Å². The largest absolute Gasteiger partial charge is 0.497 e. The fourth-order valence-electron chi connectivity index (χ4n) is 2.99. The summed E-state index contributed by atoms with van der Waals surface area (Å²) in [7, 11) is 1.64. The molecule has 1 aliphatic rings. The van der Waals surface area contributed by atoms with Crippen molar-refractivity contribution < 1.29 is 9.47 Å². The first-order valence-corrected chi connectivity index (χ1v) is 8.47. The van der Waals surface area contributed by atoms with Crippen LogP contribution in [0, 0.1) is 0 Å². The van der Waals surface area contributed by atoms with E-state index in [4.69, 9.17) is 27.4 Å². The van der Waals surface area contributed by atoms with E-state index >= 15 is 0 Å². The van der Waals surface area contributed by atoms with Crippen molar-refractivity contribution in [2.75, 3.05) is 20.2 Å². The maximum absolute atomic E-state index is 6.19. The molecule has 0 radical (unpaired) electrons. The minimum atomic E-state index is 0.133.